The summed E-state index contributed by atoms with van der Waals surface area (Å²) in [5, 5.41) is 0. The third kappa shape index (κ3) is 3.19. The maximum Gasteiger partial charge on any atom is 0.223 e. The normalized spacial score (nSPS) is 13.0. The van der Waals surface area contributed by atoms with E-state index in [2.05, 4.69) is 9.97 Å². The minimum atomic E-state index is 0.0684. The van der Waals surface area contributed by atoms with Crippen molar-refractivity contribution in [1.82, 2.24) is 14.9 Å². The first-order valence-corrected chi connectivity index (χ1v) is 7.38. The second kappa shape index (κ2) is 6.47. The van der Waals surface area contributed by atoms with Crippen molar-refractivity contribution in [3.8, 4) is 0 Å². The standard InChI is InChI=1S/C17H17N3O2/c21-16(13-5-2-1-3-6-13)7-4-8-17(22)20-10-14-9-18-12-19-15(14)11-20/h1-3,5-6,9,12H,4,7-8,10-11H2. The number of rotatable bonds is 5. The molecule has 1 aliphatic rings. The van der Waals surface area contributed by atoms with Gasteiger partial charge >= 0.3 is 0 Å². The van der Waals surface area contributed by atoms with Gasteiger partial charge in [-0.25, -0.2) is 9.97 Å². The van der Waals surface area contributed by atoms with Crippen LogP contribution in [0.1, 0.15) is 40.9 Å². The van der Waals surface area contributed by atoms with Crippen molar-refractivity contribution in [1.29, 1.82) is 0 Å². The van der Waals surface area contributed by atoms with Gasteiger partial charge in [-0.2, -0.15) is 0 Å². The third-order valence-corrected chi connectivity index (χ3v) is 3.83. The Balaban J connectivity index is 1.47. The molecule has 0 aliphatic carbocycles. The summed E-state index contributed by atoms with van der Waals surface area (Å²) in [7, 11) is 0. The Labute approximate surface area is 129 Å². The fourth-order valence-corrected chi connectivity index (χ4v) is 2.60. The van der Waals surface area contributed by atoms with Gasteiger partial charge in [0.2, 0.25) is 5.91 Å². The Morgan fingerprint density at radius 1 is 1.09 bits per heavy atom. The lowest BCUT2D eigenvalue weighted by Crippen LogP contribution is -2.25. The largest absolute Gasteiger partial charge is 0.332 e. The monoisotopic (exact) mass is 295 g/mol. The third-order valence-electron chi connectivity index (χ3n) is 3.83. The van der Waals surface area contributed by atoms with Gasteiger partial charge in [-0.1, -0.05) is 30.3 Å². The Hall–Kier alpha value is -2.56. The highest BCUT2D eigenvalue weighted by molar-refractivity contribution is 5.96. The van der Waals surface area contributed by atoms with Crippen LogP contribution >= 0.6 is 0 Å². The number of Topliss-reactive ketones (excluding diaryl/α,β-unsaturated/α-hetero) is 1. The first-order valence-electron chi connectivity index (χ1n) is 7.38. The van der Waals surface area contributed by atoms with E-state index >= 15 is 0 Å². The van der Waals surface area contributed by atoms with Crippen molar-refractivity contribution in [2.75, 3.05) is 0 Å². The van der Waals surface area contributed by atoms with Crippen LogP contribution in [-0.2, 0) is 17.9 Å². The molecule has 0 saturated heterocycles. The molecule has 22 heavy (non-hydrogen) atoms. The molecule has 1 aromatic carbocycles. The van der Waals surface area contributed by atoms with Crippen molar-refractivity contribution in [2.24, 2.45) is 0 Å². The number of amides is 1. The number of benzene rings is 1. The molecule has 1 aromatic heterocycles. The van der Waals surface area contributed by atoms with E-state index in [4.69, 9.17) is 0 Å². The summed E-state index contributed by atoms with van der Waals surface area (Å²) < 4.78 is 0. The van der Waals surface area contributed by atoms with Crippen LogP contribution in [0.4, 0.5) is 0 Å². The first kappa shape index (κ1) is 14.4. The van der Waals surface area contributed by atoms with Crippen LogP contribution in [-0.4, -0.2) is 26.6 Å². The molecule has 112 valence electrons. The topological polar surface area (TPSA) is 63.2 Å². The zero-order valence-corrected chi connectivity index (χ0v) is 12.2. The van der Waals surface area contributed by atoms with E-state index in [1.165, 1.54) is 6.33 Å². The molecule has 0 fully saturated rings. The second-order valence-corrected chi connectivity index (χ2v) is 5.39. The van der Waals surface area contributed by atoms with Gasteiger partial charge in [0.25, 0.3) is 0 Å². The molecule has 2 aromatic rings. The van der Waals surface area contributed by atoms with Gasteiger partial charge in [0, 0.05) is 36.7 Å². The number of aromatic nitrogens is 2. The molecule has 0 bridgehead atoms. The predicted octanol–water partition coefficient (Wildman–Crippen LogP) is 2.37. The van der Waals surface area contributed by atoms with Gasteiger partial charge in [-0.05, 0) is 6.42 Å². The highest BCUT2D eigenvalue weighted by Gasteiger charge is 2.24. The lowest BCUT2D eigenvalue weighted by atomic mass is 10.1. The molecule has 0 saturated carbocycles. The van der Waals surface area contributed by atoms with Crippen LogP contribution in [0, 0.1) is 0 Å². The zero-order chi connectivity index (χ0) is 15.4. The lowest BCUT2D eigenvalue weighted by Gasteiger charge is -2.14. The van der Waals surface area contributed by atoms with Crippen molar-refractivity contribution in [3.63, 3.8) is 0 Å². The van der Waals surface area contributed by atoms with Crippen LogP contribution in [0.25, 0.3) is 0 Å². The Morgan fingerprint density at radius 3 is 2.68 bits per heavy atom. The molecule has 0 unspecified atom stereocenters. The molecular formula is C17H17N3O2. The summed E-state index contributed by atoms with van der Waals surface area (Å²) in [6.07, 6.45) is 4.63. The van der Waals surface area contributed by atoms with Gasteiger partial charge in [0.05, 0.1) is 12.2 Å². The number of hydrogen-bond acceptors (Lipinski definition) is 4. The summed E-state index contributed by atoms with van der Waals surface area (Å²) in [4.78, 5) is 34.1. The maximum absolute atomic E-state index is 12.2. The second-order valence-electron chi connectivity index (χ2n) is 5.39. The Bertz CT molecular complexity index is 660. The molecule has 0 N–H and O–H groups in total. The van der Waals surface area contributed by atoms with Crippen LogP contribution in [0.3, 0.4) is 0 Å². The molecule has 1 aliphatic heterocycles. The number of nitrogens with zero attached hydrogens (tertiary/aromatic N) is 3. The summed E-state index contributed by atoms with van der Waals surface area (Å²) in [5.74, 6) is 0.155. The number of ketones is 1. The van der Waals surface area contributed by atoms with Crippen LogP contribution in [0.2, 0.25) is 0 Å². The molecule has 0 spiro atoms. The molecule has 0 atom stereocenters. The summed E-state index contributed by atoms with van der Waals surface area (Å²) in [6, 6.07) is 9.19. The van der Waals surface area contributed by atoms with E-state index in [1.807, 2.05) is 18.2 Å². The summed E-state index contributed by atoms with van der Waals surface area (Å²) in [5.41, 5.74) is 2.64. The number of fused-ring (bicyclic) bond motifs is 1. The summed E-state index contributed by atoms with van der Waals surface area (Å²) >= 11 is 0. The van der Waals surface area contributed by atoms with Crippen LogP contribution < -0.4 is 0 Å². The molecule has 0 radical (unpaired) electrons. The van der Waals surface area contributed by atoms with E-state index < -0.39 is 0 Å². The van der Waals surface area contributed by atoms with E-state index in [0.29, 0.717) is 37.9 Å². The zero-order valence-electron chi connectivity index (χ0n) is 12.2. The van der Waals surface area contributed by atoms with Crippen molar-refractivity contribution in [3.05, 3.63) is 59.7 Å². The molecule has 5 heteroatoms. The number of carbonyl (C=O) groups is 2. The van der Waals surface area contributed by atoms with Gasteiger partial charge in [-0.15, -0.1) is 0 Å². The fraction of sp³-hybridized carbons (Fsp3) is 0.294. The Kier molecular flexibility index (Phi) is 4.23. The molecule has 1 amide bonds. The Morgan fingerprint density at radius 2 is 1.91 bits per heavy atom. The van der Waals surface area contributed by atoms with Crippen molar-refractivity contribution < 1.29 is 9.59 Å². The fourth-order valence-electron chi connectivity index (χ4n) is 2.60. The van der Waals surface area contributed by atoms with E-state index in [-0.39, 0.29) is 11.7 Å². The van der Waals surface area contributed by atoms with Crippen LogP contribution in [0.15, 0.2) is 42.9 Å². The average Bonchev–Trinajstić information content (AvgIpc) is 2.99. The lowest BCUT2D eigenvalue weighted by molar-refractivity contribution is -0.131. The van der Waals surface area contributed by atoms with Crippen molar-refractivity contribution >= 4 is 11.7 Å². The van der Waals surface area contributed by atoms with Crippen molar-refractivity contribution in [2.45, 2.75) is 32.4 Å². The van der Waals surface area contributed by atoms with E-state index in [1.54, 1.807) is 23.2 Å². The quantitative estimate of drug-likeness (QED) is 0.794. The highest BCUT2D eigenvalue weighted by atomic mass is 16.2. The van der Waals surface area contributed by atoms with E-state index in [0.717, 1.165) is 11.3 Å². The van der Waals surface area contributed by atoms with Gasteiger partial charge < -0.3 is 4.90 Å². The van der Waals surface area contributed by atoms with Gasteiger partial charge in [0.15, 0.2) is 5.78 Å². The van der Waals surface area contributed by atoms with E-state index in [9.17, 15) is 9.59 Å². The number of hydrogen-bond donors (Lipinski definition) is 0. The molecule has 3 rings (SSSR count). The maximum atomic E-state index is 12.2. The van der Waals surface area contributed by atoms with Gasteiger partial charge in [-0.3, -0.25) is 9.59 Å². The van der Waals surface area contributed by atoms with Gasteiger partial charge in [0.1, 0.15) is 6.33 Å². The predicted molar refractivity (Wildman–Crippen MR) is 80.9 cm³/mol. The SMILES string of the molecule is O=C(CCCC(=O)N1Cc2cncnc2C1)c1ccccc1. The average molecular weight is 295 g/mol. The molecular weight excluding hydrogens is 278 g/mol. The smallest absolute Gasteiger partial charge is 0.223 e. The minimum Gasteiger partial charge on any atom is -0.332 e. The highest BCUT2D eigenvalue weighted by Crippen LogP contribution is 2.20. The molecule has 2 heterocycles. The van der Waals surface area contributed by atoms with Crippen LogP contribution in [0.5, 0.6) is 0 Å². The molecule has 5 nitrogen and oxygen atoms in total. The summed E-state index contributed by atoms with van der Waals surface area (Å²) in [6.45, 7) is 1.12. The number of carbonyl (C=O) groups excluding carboxylic acids is 2. The first-order chi connectivity index (χ1) is 10.7. The minimum absolute atomic E-state index is 0.0684.